The predicted molar refractivity (Wildman–Crippen MR) is 168 cm³/mol. The molecule has 0 amide bonds. The molecule has 7 rings (SSSR count). The van der Waals surface area contributed by atoms with E-state index in [0.717, 1.165) is 39.4 Å². The van der Waals surface area contributed by atoms with Crippen molar-refractivity contribution in [2.45, 2.75) is 0 Å². The zero-order chi connectivity index (χ0) is 29.5. The number of hydrogen-bond donors (Lipinski definition) is 0. The second-order valence-corrected chi connectivity index (χ2v) is 10.3. The SMILES string of the molecule is Cn1c(-c2ccc(-c3ccccc3)cc2)nc2c1cc(/C=C1\C(=O)c3ccccc3C1=C(C#N)C#N)n2-c1ccccc1. The number of benzene rings is 4. The van der Waals surface area contributed by atoms with Crippen LogP contribution in [0, 0.1) is 22.7 Å². The van der Waals surface area contributed by atoms with Gasteiger partial charge in [0.1, 0.15) is 23.5 Å². The summed E-state index contributed by atoms with van der Waals surface area (Å²) in [4.78, 5) is 18.7. The number of allylic oxidation sites excluding steroid dienone is 3. The number of para-hydroxylation sites is 1. The fourth-order valence-corrected chi connectivity index (χ4v) is 5.80. The van der Waals surface area contributed by atoms with Crippen LogP contribution in [0.25, 0.3) is 51.0 Å². The number of imidazole rings is 1. The molecule has 0 spiro atoms. The molecule has 2 heterocycles. The van der Waals surface area contributed by atoms with Crippen molar-refractivity contribution in [1.82, 2.24) is 14.1 Å². The molecule has 0 bridgehead atoms. The standard InChI is InChI=1S/C37H23N5O/c1-41-33-21-29(20-32-34(27(22-38)23-39)30-14-8-9-15-31(30)35(32)43)42(28-12-6-3-7-13-28)37(33)40-36(41)26-18-16-25(17-19-26)24-10-4-2-5-11-24/h2-21H,1H3/b32-20-. The van der Waals surface area contributed by atoms with Crippen molar-refractivity contribution in [3.8, 4) is 40.3 Å². The zero-order valence-electron chi connectivity index (χ0n) is 23.2. The Morgan fingerprint density at radius 2 is 1.33 bits per heavy atom. The maximum Gasteiger partial charge on any atom is 0.194 e. The van der Waals surface area contributed by atoms with E-state index >= 15 is 0 Å². The first-order chi connectivity index (χ1) is 21.1. The minimum absolute atomic E-state index is 0.0914. The van der Waals surface area contributed by atoms with Crippen molar-refractivity contribution in [1.29, 1.82) is 10.5 Å². The number of fused-ring (bicyclic) bond motifs is 2. The van der Waals surface area contributed by atoms with Gasteiger partial charge in [-0.2, -0.15) is 10.5 Å². The molecule has 0 aliphatic heterocycles. The van der Waals surface area contributed by atoms with Crippen LogP contribution in [0.5, 0.6) is 0 Å². The van der Waals surface area contributed by atoms with Crippen LogP contribution in [-0.2, 0) is 7.05 Å². The Balaban J connectivity index is 1.41. The van der Waals surface area contributed by atoms with Crippen molar-refractivity contribution in [3.05, 3.63) is 143 Å². The minimum Gasteiger partial charge on any atom is -0.326 e. The van der Waals surface area contributed by atoms with Crippen LogP contribution in [0.1, 0.15) is 21.6 Å². The highest BCUT2D eigenvalue weighted by molar-refractivity contribution is 6.29. The number of Topliss-reactive ketones (excluding diaryl/α,β-unsaturated/α-hetero) is 1. The average Bonchev–Trinajstić information content (AvgIpc) is 3.67. The van der Waals surface area contributed by atoms with Crippen molar-refractivity contribution < 1.29 is 4.79 Å². The lowest BCUT2D eigenvalue weighted by molar-refractivity contribution is 0.104. The summed E-state index contributed by atoms with van der Waals surface area (Å²) < 4.78 is 4.06. The first-order valence-corrected chi connectivity index (χ1v) is 13.8. The third-order valence-electron chi connectivity index (χ3n) is 7.86. The summed E-state index contributed by atoms with van der Waals surface area (Å²) in [5.74, 6) is 0.597. The summed E-state index contributed by atoms with van der Waals surface area (Å²) in [6.07, 6.45) is 1.77. The van der Waals surface area contributed by atoms with E-state index in [-0.39, 0.29) is 11.4 Å². The second-order valence-electron chi connectivity index (χ2n) is 10.3. The molecule has 0 fully saturated rings. The fraction of sp³-hybridized carbons (Fsp3) is 0.0270. The van der Waals surface area contributed by atoms with E-state index in [1.54, 1.807) is 30.3 Å². The molecule has 0 N–H and O–H groups in total. The first-order valence-electron chi connectivity index (χ1n) is 13.8. The summed E-state index contributed by atoms with van der Waals surface area (Å²) in [7, 11) is 1.98. The molecule has 2 aromatic heterocycles. The molecule has 0 saturated carbocycles. The van der Waals surface area contributed by atoms with E-state index in [0.29, 0.717) is 28.0 Å². The lowest BCUT2D eigenvalue weighted by atomic mass is 9.99. The third kappa shape index (κ3) is 4.18. The average molecular weight is 554 g/mol. The summed E-state index contributed by atoms with van der Waals surface area (Å²) in [5, 5.41) is 19.5. The number of nitrogens with zero attached hydrogens (tertiary/aromatic N) is 5. The van der Waals surface area contributed by atoms with E-state index in [9.17, 15) is 15.3 Å². The van der Waals surface area contributed by atoms with Crippen molar-refractivity contribution in [2.75, 3.05) is 0 Å². The van der Waals surface area contributed by atoms with Gasteiger partial charge in [0.2, 0.25) is 0 Å². The largest absolute Gasteiger partial charge is 0.326 e. The summed E-state index contributed by atoms with van der Waals surface area (Å²) in [6.45, 7) is 0. The predicted octanol–water partition coefficient (Wildman–Crippen LogP) is 7.78. The van der Waals surface area contributed by atoms with Crippen LogP contribution in [0.15, 0.2) is 126 Å². The Kier molecular flexibility index (Phi) is 6.16. The van der Waals surface area contributed by atoms with E-state index in [2.05, 4.69) is 36.4 Å². The summed E-state index contributed by atoms with van der Waals surface area (Å²) in [6, 6.07) is 41.5. The first kappa shape index (κ1) is 25.7. The molecule has 43 heavy (non-hydrogen) atoms. The molecule has 0 radical (unpaired) electrons. The molecular weight excluding hydrogens is 530 g/mol. The number of carbonyl (C=O) groups is 1. The number of ketones is 1. The molecule has 1 aliphatic rings. The molecule has 0 unspecified atom stereocenters. The van der Waals surface area contributed by atoms with Gasteiger partial charge >= 0.3 is 0 Å². The normalized spacial score (nSPS) is 13.2. The van der Waals surface area contributed by atoms with Gasteiger partial charge in [0, 0.05) is 35.0 Å². The van der Waals surface area contributed by atoms with Gasteiger partial charge in [-0.1, -0.05) is 97.1 Å². The van der Waals surface area contributed by atoms with E-state index < -0.39 is 0 Å². The summed E-state index contributed by atoms with van der Waals surface area (Å²) in [5.41, 5.74) is 8.14. The fourth-order valence-electron chi connectivity index (χ4n) is 5.80. The Morgan fingerprint density at radius 3 is 2.00 bits per heavy atom. The smallest absolute Gasteiger partial charge is 0.194 e. The van der Waals surface area contributed by atoms with Gasteiger partial charge in [-0.3, -0.25) is 9.36 Å². The van der Waals surface area contributed by atoms with Gasteiger partial charge in [-0.25, -0.2) is 4.98 Å². The van der Waals surface area contributed by atoms with E-state index in [1.165, 1.54) is 0 Å². The van der Waals surface area contributed by atoms with E-state index in [4.69, 9.17) is 4.98 Å². The van der Waals surface area contributed by atoms with Gasteiger partial charge in [-0.15, -0.1) is 0 Å². The van der Waals surface area contributed by atoms with Crippen molar-refractivity contribution in [3.63, 3.8) is 0 Å². The molecule has 0 atom stereocenters. The van der Waals surface area contributed by atoms with Gasteiger partial charge in [0.15, 0.2) is 11.4 Å². The Bertz CT molecular complexity index is 2180. The molecule has 0 saturated heterocycles. The number of aromatic nitrogens is 3. The van der Waals surface area contributed by atoms with Crippen LogP contribution in [0.2, 0.25) is 0 Å². The van der Waals surface area contributed by atoms with Gasteiger partial charge in [0.25, 0.3) is 0 Å². The maximum absolute atomic E-state index is 13.6. The molecule has 4 aromatic carbocycles. The Labute approximate surface area is 248 Å². The maximum atomic E-state index is 13.6. The monoisotopic (exact) mass is 553 g/mol. The molecule has 1 aliphatic carbocycles. The third-order valence-corrected chi connectivity index (χ3v) is 7.86. The highest BCUT2D eigenvalue weighted by atomic mass is 16.1. The van der Waals surface area contributed by atoms with Crippen LogP contribution in [-0.4, -0.2) is 19.9 Å². The molecule has 6 aromatic rings. The number of hydrogen-bond acceptors (Lipinski definition) is 4. The minimum atomic E-state index is -0.217. The van der Waals surface area contributed by atoms with Crippen LogP contribution in [0.3, 0.4) is 0 Å². The molecule has 202 valence electrons. The second kappa shape index (κ2) is 10.3. The van der Waals surface area contributed by atoms with Gasteiger partial charge in [0.05, 0.1) is 11.2 Å². The number of nitriles is 2. The highest BCUT2D eigenvalue weighted by Crippen LogP contribution is 2.40. The topological polar surface area (TPSA) is 87.4 Å². The van der Waals surface area contributed by atoms with Crippen LogP contribution < -0.4 is 0 Å². The number of rotatable bonds is 4. The lowest BCUT2D eigenvalue weighted by Crippen LogP contribution is -2.01. The number of aryl methyl sites for hydroxylation is 1. The molecule has 6 nitrogen and oxygen atoms in total. The number of carbonyl (C=O) groups excluding carboxylic acids is 1. The quantitative estimate of drug-likeness (QED) is 0.165. The van der Waals surface area contributed by atoms with Gasteiger partial charge < -0.3 is 4.57 Å². The molecule has 6 heteroatoms. The Hall–Kier alpha value is -6.24. The van der Waals surface area contributed by atoms with Crippen LogP contribution >= 0.6 is 0 Å². The summed E-state index contributed by atoms with van der Waals surface area (Å²) >= 11 is 0. The Morgan fingerprint density at radius 1 is 0.744 bits per heavy atom. The molecular formula is C37H23N5O. The van der Waals surface area contributed by atoms with Crippen molar-refractivity contribution >= 4 is 28.6 Å². The van der Waals surface area contributed by atoms with E-state index in [1.807, 2.05) is 82.9 Å². The highest BCUT2D eigenvalue weighted by Gasteiger charge is 2.33. The van der Waals surface area contributed by atoms with Crippen molar-refractivity contribution in [2.24, 2.45) is 7.05 Å². The van der Waals surface area contributed by atoms with Crippen LogP contribution in [0.4, 0.5) is 0 Å². The lowest BCUT2D eigenvalue weighted by Gasteiger charge is -2.09. The zero-order valence-corrected chi connectivity index (χ0v) is 23.2. The van der Waals surface area contributed by atoms with Gasteiger partial charge in [-0.05, 0) is 41.0 Å².